The Kier molecular flexibility index (Phi) is 4.39. The predicted octanol–water partition coefficient (Wildman–Crippen LogP) is 3.89. The maximum Gasteiger partial charge on any atom is 0.316 e. The van der Waals surface area contributed by atoms with Crippen LogP contribution < -0.4 is 21.1 Å². The van der Waals surface area contributed by atoms with Gasteiger partial charge in [0, 0.05) is 22.4 Å². The summed E-state index contributed by atoms with van der Waals surface area (Å²) in [4.78, 5) is 39.3. The zero-order valence-corrected chi connectivity index (χ0v) is 18.2. The van der Waals surface area contributed by atoms with Crippen LogP contribution in [0.5, 0.6) is 5.75 Å². The average Bonchev–Trinajstić information content (AvgIpc) is 3.06. The lowest BCUT2D eigenvalue weighted by Crippen LogP contribution is -2.62. The summed E-state index contributed by atoms with van der Waals surface area (Å²) >= 11 is 0. The third-order valence-electron chi connectivity index (χ3n) is 5.79. The number of nitroso groups, excluding NO2 is 1. The number of carbonyl (C=O) groups is 2. The number of rotatable bonds is 3. The molecule has 0 fully saturated rings. The molecule has 0 spiro atoms. The highest BCUT2D eigenvalue weighted by atomic mass is 16.5. The first-order chi connectivity index (χ1) is 14.5. The molecule has 0 saturated carbocycles. The summed E-state index contributed by atoms with van der Waals surface area (Å²) in [5.41, 5.74) is 3.58. The van der Waals surface area contributed by atoms with Gasteiger partial charge in [0.15, 0.2) is 0 Å². The molecule has 4 N–H and O–H groups in total. The Bertz CT molecular complexity index is 1120. The summed E-state index contributed by atoms with van der Waals surface area (Å²) in [6.45, 7) is 9.49. The van der Waals surface area contributed by atoms with Crippen LogP contribution in [0.3, 0.4) is 0 Å². The summed E-state index contributed by atoms with van der Waals surface area (Å²) < 4.78 is 6.15. The number of ketones is 1. The number of urea groups is 1. The van der Waals surface area contributed by atoms with Gasteiger partial charge < -0.3 is 21.1 Å². The molecule has 2 unspecified atom stereocenters. The molecule has 2 aliphatic rings. The third-order valence-corrected chi connectivity index (χ3v) is 5.79. The van der Waals surface area contributed by atoms with E-state index in [0.29, 0.717) is 11.3 Å². The van der Waals surface area contributed by atoms with E-state index in [2.05, 4.69) is 15.8 Å². The molecular weight excluding hydrogens is 396 g/mol. The minimum absolute atomic E-state index is 0.136. The van der Waals surface area contributed by atoms with Gasteiger partial charge in [-0.15, -0.1) is 4.91 Å². The SMILES string of the molecule is CC(C)c1ccc2c(c1)OC1(N=O)c3cccc(N)c3C(=O)C21NC(=O)NC(C)(C)C. The van der Waals surface area contributed by atoms with Crippen LogP contribution in [0.4, 0.5) is 10.5 Å². The minimum atomic E-state index is -2.00. The maximum absolute atomic E-state index is 13.9. The number of benzene rings is 2. The van der Waals surface area contributed by atoms with Crippen molar-refractivity contribution in [3.05, 3.63) is 63.6 Å². The summed E-state index contributed by atoms with van der Waals surface area (Å²) in [7, 11) is 0. The number of amides is 2. The Morgan fingerprint density at radius 2 is 1.87 bits per heavy atom. The topological polar surface area (TPSA) is 123 Å². The Balaban J connectivity index is 1.98. The van der Waals surface area contributed by atoms with Crippen molar-refractivity contribution in [3.63, 3.8) is 0 Å². The standard InChI is InChI=1S/C23H26N4O4/c1-12(2)13-9-10-14-17(11-13)31-23(27-30)15-7-6-8-16(24)18(15)19(28)22(14,23)26-20(29)25-21(3,4)5/h6-12H,24H2,1-5H3,(H2,25,26,29). The Morgan fingerprint density at radius 1 is 1.16 bits per heavy atom. The monoisotopic (exact) mass is 422 g/mol. The second-order valence-corrected chi connectivity index (χ2v) is 9.43. The number of Topliss-reactive ketones (excluding diaryl/α,β-unsaturated/α-hetero) is 1. The quantitative estimate of drug-likeness (QED) is 0.511. The van der Waals surface area contributed by atoms with Crippen LogP contribution in [0.25, 0.3) is 0 Å². The molecule has 4 rings (SSSR count). The molecule has 8 nitrogen and oxygen atoms in total. The first-order valence-electron chi connectivity index (χ1n) is 10.2. The highest BCUT2D eigenvalue weighted by Crippen LogP contribution is 2.61. The van der Waals surface area contributed by atoms with Crippen molar-refractivity contribution in [1.82, 2.24) is 10.6 Å². The molecule has 8 heteroatoms. The van der Waals surface area contributed by atoms with Crippen molar-refractivity contribution in [2.24, 2.45) is 5.18 Å². The van der Waals surface area contributed by atoms with Gasteiger partial charge in [0.2, 0.25) is 11.3 Å². The van der Waals surface area contributed by atoms with Crippen LogP contribution in [-0.2, 0) is 11.3 Å². The smallest absolute Gasteiger partial charge is 0.316 e. The first-order valence-corrected chi connectivity index (χ1v) is 10.2. The Morgan fingerprint density at radius 3 is 2.48 bits per heavy atom. The molecule has 0 bridgehead atoms. The number of nitrogen functional groups attached to an aromatic ring is 1. The van der Waals surface area contributed by atoms with Crippen molar-refractivity contribution in [1.29, 1.82) is 0 Å². The van der Waals surface area contributed by atoms with Gasteiger partial charge in [0.05, 0.1) is 5.56 Å². The van der Waals surface area contributed by atoms with Crippen LogP contribution in [0.1, 0.15) is 67.6 Å². The number of anilines is 1. The van der Waals surface area contributed by atoms with Crippen molar-refractivity contribution < 1.29 is 14.3 Å². The molecule has 2 atom stereocenters. The summed E-state index contributed by atoms with van der Waals surface area (Å²) in [6, 6.07) is 9.53. The summed E-state index contributed by atoms with van der Waals surface area (Å²) in [6.07, 6.45) is 0. The number of fused-ring (bicyclic) bond motifs is 5. The Labute approximate surface area is 180 Å². The number of nitrogens with one attached hydrogen (secondary N) is 2. The molecule has 2 aromatic rings. The second-order valence-electron chi connectivity index (χ2n) is 9.43. The van der Waals surface area contributed by atoms with Gasteiger partial charge in [-0.3, -0.25) is 4.79 Å². The van der Waals surface area contributed by atoms with Crippen LogP contribution in [-0.4, -0.2) is 17.4 Å². The number of carbonyl (C=O) groups excluding carboxylic acids is 2. The molecular formula is C23H26N4O4. The normalized spacial score (nSPS) is 23.6. The maximum atomic E-state index is 13.9. The van der Waals surface area contributed by atoms with E-state index in [4.69, 9.17) is 10.5 Å². The zero-order chi connectivity index (χ0) is 22.8. The number of ether oxygens (including phenoxy) is 1. The van der Waals surface area contributed by atoms with Gasteiger partial charge in [-0.25, -0.2) is 4.79 Å². The molecule has 31 heavy (non-hydrogen) atoms. The zero-order valence-electron chi connectivity index (χ0n) is 18.2. The van der Waals surface area contributed by atoms with Gasteiger partial charge in [-0.05, 0) is 49.6 Å². The largest absolute Gasteiger partial charge is 0.455 e. The van der Waals surface area contributed by atoms with E-state index in [0.717, 1.165) is 5.56 Å². The average molecular weight is 422 g/mol. The van der Waals surface area contributed by atoms with E-state index in [1.165, 1.54) is 0 Å². The highest BCUT2D eigenvalue weighted by Gasteiger charge is 2.74. The van der Waals surface area contributed by atoms with E-state index in [1.54, 1.807) is 30.3 Å². The van der Waals surface area contributed by atoms with Gasteiger partial charge in [0.25, 0.3) is 5.72 Å². The fourth-order valence-corrected chi connectivity index (χ4v) is 4.42. The molecule has 0 saturated heterocycles. The molecule has 1 aliphatic heterocycles. The van der Waals surface area contributed by atoms with E-state index in [9.17, 15) is 14.5 Å². The Hall–Kier alpha value is -3.42. The van der Waals surface area contributed by atoms with Crippen molar-refractivity contribution in [2.75, 3.05) is 5.73 Å². The van der Waals surface area contributed by atoms with Gasteiger partial charge in [-0.2, -0.15) is 0 Å². The fourth-order valence-electron chi connectivity index (χ4n) is 4.42. The molecule has 2 aromatic carbocycles. The highest BCUT2D eigenvalue weighted by molar-refractivity contribution is 6.15. The first kappa shape index (κ1) is 20.8. The van der Waals surface area contributed by atoms with Gasteiger partial charge >= 0.3 is 6.03 Å². The molecule has 1 heterocycles. The minimum Gasteiger partial charge on any atom is -0.455 e. The number of hydrogen-bond donors (Lipinski definition) is 3. The van der Waals surface area contributed by atoms with E-state index in [1.807, 2.05) is 40.7 Å². The van der Waals surface area contributed by atoms with E-state index < -0.39 is 28.6 Å². The summed E-state index contributed by atoms with van der Waals surface area (Å²) in [5, 5.41) is 8.88. The van der Waals surface area contributed by atoms with Gasteiger partial charge in [-0.1, -0.05) is 38.1 Å². The van der Waals surface area contributed by atoms with Crippen LogP contribution in [0, 0.1) is 4.91 Å². The van der Waals surface area contributed by atoms with Crippen molar-refractivity contribution in [3.8, 4) is 5.75 Å². The molecule has 1 aliphatic carbocycles. The molecule has 162 valence electrons. The van der Waals surface area contributed by atoms with Crippen molar-refractivity contribution >= 4 is 17.5 Å². The number of nitrogens with zero attached hydrogens (tertiary/aromatic N) is 1. The molecule has 0 radical (unpaired) electrons. The fraction of sp³-hybridized carbons (Fsp3) is 0.391. The van der Waals surface area contributed by atoms with Gasteiger partial charge in [0.1, 0.15) is 5.75 Å². The number of nitrogens with two attached hydrogens (primary N) is 1. The lowest BCUT2D eigenvalue weighted by Gasteiger charge is -2.34. The lowest BCUT2D eigenvalue weighted by molar-refractivity contribution is 0.0210. The van der Waals surface area contributed by atoms with Crippen LogP contribution in [0.2, 0.25) is 0 Å². The predicted molar refractivity (Wildman–Crippen MR) is 117 cm³/mol. The third kappa shape index (κ3) is 2.74. The van der Waals surface area contributed by atoms with Crippen LogP contribution in [0.15, 0.2) is 41.6 Å². The van der Waals surface area contributed by atoms with Crippen LogP contribution >= 0.6 is 0 Å². The molecule has 2 amide bonds. The van der Waals surface area contributed by atoms with E-state index >= 15 is 0 Å². The second kappa shape index (κ2) is 6.54. The van der Waals surface area contributed by atoms with Crippen molar-refractivity contribution in [2.45, 2.75) is 57.3 Å². The molecule has 0 aromatic heterocycles. The van der Waals surface area contributed by atoms with E-state index in [-0.39, 0.29) is 22.7 Å². The lowest BCUT2D eigenvalue weighted by atomic mass is 9.81. The number of hydrogen-bond acceptors (Lipinski definition) is 6. The summed E-state index contributed by atoms with van der Waals surface area (Å²) in [5.74, 6) is 0.00445.